The first-order valence-electron chi connectivity index (χ1n) is 4.99. The van der Waals surface area contributed by atoms with E-state index in [0.29, 0.717) is 11.5 Å². The van der Waals surface area contributed by atoms with Crippen molar-refractivity contribution in [1.82, 2.24) is 0 Å². The summed E-state index contributed by atoms with van der Waals surface area (Å²) in [5.74, 6) is 0.897. The molecule has 86 valence electrons. The van der Waals surface area contributed by atoms with Gasteiger partial charge >= 0.3 is 0 Å². The van der Waals surface area contributed by atoms with Gasteiger partial charge in [-0.15, -0.1) is 0 Å². The Morgan fingerprint density at radius 2 is 1.47 bits per heavy atom. The second-order valence-electron chi connectivity index (χ2n) is 3.37. The summed E-state index contributed by atoms with van der Waals surface area (Å²) in [6, 6.07) is 12.7. The minimum atomic E-state index is -0.299. The largest absolute Gasteiger partial charge is 0.457 e. The Bertz CT molecular complexity index is 506. The van der Waals surface area contributed by atoms with E-state index in [2.05, 4.69) is 5.16 Å². The highest BCUT2D eigenvalue weighted by molar-refractivity contribution is 5.79. The van der Waals surface area contributed by atoms with Crippen LogP contribution in [0.15, 0.2) is 53.7 Å². The zero-order valence-corrected chi connectivity index (χ0v) is 8.88. The molecule has 0 aliphatic rings. The maximum Gasteiger partial charge on any atom is 0.127 e. The summed E-state index contributed by atoms with van der Waals surface area (Å²) in [7, 11) is 0. The summed E-state index contributed by atoms with van der Waals surface area (Å²) < 4.78 is 18.2. The molecule has 0 unspecified atom stereocenters. The molecule has 0 radical (unpaired) electrons. The quantitative estimate of drug-likeness (QED) is 0.499. The molecule has 0 aromatic heterocycles. The van der Waals surface area contributed by atoms with Crippen LogP contribution in [0.2, 0.25) is 0 Å². The summed E-state index contributed by atoms with van der Waals surface area (Å²) >= 11 is 0. The van der Waals surface area contributed by atoms with Gasteiger partial charge in [0, 0.05) is 0 Å². The molecule has 0 atom stereocenters. The van der Waals surface area contributed by atoms with Gasteiger partial charge in [-0.1, -0.05) is 5.16 Å². The number of benzene rings is 2. The van der Waals surface area contributed by atoms with Gasteiger partial charge in [-0.25, -0.2) is 4.39 Å². The Labute approximate surface area is 97.8 Å². The Kier molecular flexibility index (Phi) is 3.35. The predicted molar refractivity (Wildman–Crippen MR) is 62.3 cm³/mol. The molecule has 3 nitrogen and oxygen atoms in total. The molecule has 0 amide bonds. The fourth-order valence-electron chi connectivity index (χ4n) is 1.33. The van der Waals surface area contributed by atoms with E-state index in [4.69, 9.17) is 9.94 Å². The van der Waals surface area contributed by atoms with E-state index >= 15 is 0 Å². The van der Waals surface area contributed by atoms with Crippen molar-refractivity contribution in [1.29, 1.82) is 0 Å². The standard InChI is InChI=1S/C13H10FNO2/c14-11-3-7-13(8-4-11)17-12-5-1-10(2-6-12)9-15-16/h1-9,16H. The normalized spacial score (nSPS) is 10.6. The van der Waals surface area contributed by atoms with Gasteiger partial charge in [0.05, 0.1) is 6.21 Å². The molecule has 0 bridgehead atoms. The molecule has 0 fully saturated rings. The molecule has 4 heteroatoms. The minimum absolute atomic E-state index is 0.299. The van der Waals surface area contributed by atoms with Gasteiger partial charge in [0.25, 0.3) is 0 Å². The zero-order valence-electron chi connectivity index (χ0n) is 8.88. The van der Waals surface area contributed by atoms with E-state index in [-0.39, 0.29) is 5.82 Å². The fourth-order valence-corrected chi connectivity index (χ4v) is 1.33. The van der Waals surface area contributed by atoms with Gasteiger partial charge in [0.15, 0.2) is 0 Å². The van der Waals surface area contributed by atoms with Crippen LogP contribution < -0.4 is 4.74 Å². The molecule has 2 rings (SSSR count). The van der Waals surface area contributed by atoms with Gasteiger partial charge in [0.2, 0.25) is 0 Å². The number of oxime groups is 1. The van der Waals surface area contributed by atoms with E-state index in [0.717, 1.165) is 5.56 Å². The third-order valence-corrected chi connectivity index (χ3v) is 2.14. The first-order valence-corrected chi connectivity index (χ1v) is 4.99. The third kappa shape index (κ3) is 3.04. The lowest BCUT2D eigenvalue weighted by Crippen LogP contribution is -1.86. The maximum atomic E-state index is 12.7. The maximum absolute atomic E-state index is 12.7. The summed E-state index contributed by atoms with van der Waals surface area (Å²) in [6.45, 7) is 0. The van der Waals surface area contributed by atoms with Crippen molar-refractivity contribution in [3.8, 4) is 11.5 Å². The molecular formula is C13H10FNO2. The first-order chi connectivity index (χ1) is 8.28. The lowest BCUT2D eigenvalue weighted by atomic mass is 10.2. The highest BCUT2D eigenvalue weighted by Gasteiger charge is 1.97. The molecule has 2 aromatic rings. The van der Waals surface area contributed by atoms with Crippen molar-refractivity contribution >= 4 is 6.21 Å². The van der Waals surface area contributed by atoms with Crippen LogP contribution in [0.3, 0.4) is 0 Å². The molecule has 0 heterocycles. The molecular weight excluding hydrogens is 221 g/mol. The molecule has 1 N–H and O–H groups in total. The van der Waals surface area contributed by atoms with Gasteiger partial charge < -0.3 is 9.94 Å². The summed E-state index contributed by atoms with van der Waals surface area (Å²) in [5, 5.41) is 11.3. The average molecular weight is 231 g/mol. The van der Waals surface area contributed by atoms with Gasteiger partial charge in [-0.3, -0.25) is 0 Å². The van der Waals surface area contributed by atoms with Crippen LogP contribution in [-0.2, 0) is 0 Å². The van der Waals surface area contributed by atoms with Crippen LogP contribution in [0.1, 0.15) is 5.56 Å². The average Bonchev–Trinajstić information content (AvgIpc) is 2.35. The minimum Gasteiger partial charge on any atom is -0.457 e. The SMILES string of the molecule is ON=Cc1ccc(Oc2ccc(F)cc2)cc1. The van der Waals surface area contributed by atoms with Crippen LogP contribution in [0.25, 0.3) is 0 Å². The van der Waals surface area contributed by atoms with Gasteiger partial charge in [0.1, 0.15) is 17.3 Å². The highest BCUT2D eigenvalue weighted by Crippen LogP contribution is 2.21. The van der Waals surface area contributed by atoms with E-state index in [9.17, 15) is 4.39 Å². The highest BCUT2D eigenvalue weighted by atomic mass is 19.1. The van der Waals surface area contributed by atoms with Crippen molar-refractivity contribution in [2.45, 2.75) is 0 Å². The number of ether oxygens (including phenoxy) is 1. The van der Waals surface area contributed by atoms with Crippen LogP contribution in [0.4, 0.5) is 4.39 Å². The second-order valence-corrected chi connectivity index (χ2v) is 3.37. The lowest BCUT2D eigenvalue weighted by Gasteiger charge is -2.05. The number of hydrogen-bond donors (Lipinski definition) is 1. The summed E-state index contributed by atoms with van der Waals surface area (Å²) in [5.41, 5.74) is 0.763. The van der Waals surface area contributed by atoms with E-state index in [1.807, 2.05) is 0 Å². The second kappa shape index (κ2) is 5.12. The third-order valence-electron chi connectivity index (χ3n) is 2.14. The van der Waals surface area contributed by atoms with Crippen molar-refractivity contribution in [2.75, 3.05) is 0 Å². The Balaban J connectivity index is 2.11. The Morgan fingerprint density at radius 3 is 2.00 bits per heavy atom. The molecule has 0 saturated carbocycles. The smallest absolute Gasteiger partial charge is 0.127 e. The van der Waals surface area contributed by atoms with E-state index < -0.39 is 0 Å². The Morgan fingerprint density at radius 1 is 0.941 bits per heavy atom. The Hall–Kier alpha value is -2.36. The van der Waals surface area contributed by atoms with Crippen LogP contribution in [-0.4, -0.2) is 11.4 Å². The van der Waals surface area contributed by atoms with Gasteiger partial charge in [-0.05, 0) is 54.1 Å². The predicted octanol–water partition coefficient (Wildman–Crippen LogP) is 3.43. The number of nitrogens with zero attached hydrogens (tertiary/aromatic N) is 1. The number of hydrogen-bond acceptors (Lipinski definition) is 3. The van der Waals surface area contributed by atoms with Crippen molar-refractivity contribution in [3.63, 3.8) is 0 Å². The van der Waals surface area contributed by atoms with Crippen LogP contribution in [0.5, 0.6) is 11.5 Å². The van der Waals surface area contributed by atoms with Crippen molar-refractivity contribution in [3.05, 3.63) is 59.9 Å². The molecule has 0 spiro atoms. The monoisotopic (exact) mass is 231 g/mol. The van der Waals surface area contributed by atoms with E-state index in [1.165, 1.54) is 18.3 Å². The van der Waals surface area contributed by atoms with Crippen molar-refractivity contribution in [2.24, 2.45) is 5.16 Å². The topological polar surface area (TPSA) is 41.8 Å². The molecule has 0 aliphatic heterocycles. The lowest BCUT2D eigenvalue weighted by molar-refractivity contribution is 0.322. The molecule has 17 heavy (non-hydrogen) atoms. The van der Waals surface area contributed by atoms with E-state index in [1.54, 1.807) is 36.4 Å². The van der Waals surface area contributed by atoms with Crippen molar-refractivity contribution < 1.29 is 14.3 Å². The van der Waals surface area contributed by atoms with Gasteiger partial charge in [-0.2, -0.15) is 0 Å². The summed E-state index contributed by atoms with van der Waals surface area (Å²) in [6.07, 6.45) is 1.32. The number of halogens is 1. The van der Waals surface area contributed by atoms with Crippen LogP contribution in [0, 0.1) is 5.82 Å². The molecule has 0 aliphatic carbocycles. The number of rotatable bonds is 3. The van der Waals surface area contributed by atoms with Crippen LogP contribution >= 0.6 is 0 Å². The molecule has 2 aromatic carbocycles. The molecule has 0 saturated heterocycles. The fraction of sp³-hybridized carbons (Fsp3) is 0. The summed E-state index contributed by atoms with van der Waals surface area (Å²) in [4.78, 5) is 0. The zero-order chi connectivity index (χ0) is 12.1. The first kappa shape index (κ1) is 11.1.